The van der Waals surface area contributed by atoms with E-state index in [0.717, 1.165) is 4.63 Å². The summed E-state index contributed by atoms with van der Waals surface area (Å²) in [6, 6.07) is 0. The minimum absolute atomic E-state index is 0.171. The van der Waals surface area contributed by atoms with Gasteiger partial charge in [-0.3, -0.25) is 0 Å². The third-order valence-electron chi connectivity index (χ3n) is 1.76. The Morgan fingerprint density at radius 1 is 1.57 bits per heavy atom. The van der Waals surface area contributed by atoms with Crippen LogP contribution in [0.15, 0.2) is 5.11 Å². The number of anilines is 1. The Bertz CT molecular complexity index is 533. The van der Waals surface area contributed by atoms with Gasteiger partial charge < -0.3 is 5.73 Å². The standard InChI is InChI=1S/C5H5N9/c1-2-3(6)5-9-12-13-14(5)10-4(2)8-11-7/h6H2,1H3. The zero-order valence-electron chi connectivity index (χ0n) is 7.16. The van der Waals surface area contributed by atoms with Crippen LogP contribution in [0.4, 0.5) is 11.5 Å². The molecule has 2 N–H and O–H groups in total. The molecule has 14 heavy (non-hydrogen) atoms. The first-order valence-corrected chi connectivity index (χ1v) is 3.63. The molecule has 0 aliphatic rings. The van der Waals surface area contributed by atoms with Gasteiger partial charge in [0.15, 0.2) is 5.82 Å². The van der Waals surface area contributed by atoms with Crippen LogP contribution < -0.4 is 5.73 Å². The topological polar surface area (TPSA) is 131 Å². The van der Waals surface area contributed by atoms with E-state index < -0.39 is 0 Å². The Kier molecular flexibility index (Phi) is 1.65. The largest absolute Gasteiger partial charge is 0.395 e. The number of fused-ring (bicyclic) bond motifs is 1. The van der Waals surface area contributed by atoms with E-state index in [1.807, 2.05) is 0 Å². The van der Waals surface area contributed by atoms with Gasteiger partial charge >= 0.3 is 0 Å². The Labute approximate surface area is 77.1 Å². The van der Waals surface area contributed by atoms with Crippen LogP contribution in [0.3, 0.4) is 0 Å². The second-order valence-corrected chi connectivity index (χ2v) is 2.54. The third kappa shape index (κ3) is 1.00. The van der Waals surface area contributed by atoms with Crippen molar-refractivity contribution >= 4 is 17.2 Å². The third-order valence-corrected chi connectivity index (χ3v) is 1.76. The fraction of sp³-hybridized carbons (Fsp3) is 0.200. The lowest BCUT2D eigenvalue weighted by atomic mass is 10.2. The number of nitrogens with zero attached hydrogens (tertiary/aromatic N) is 8. The molecule has 9 nitrogen and oxygen atoms in total. The van der Waals surface area contributed by atoms with Crippen molar-refractivity contribution in [3.8, 4) is 0 Å². The maximum atomic E-state index is 8.27. The van der Waals surface area contributed by atoms with E-state index in [0.29, 0.717) is 16.9 Å². The maximum absolute atomic E-state index is 8.27. The monoisotopic (exact) mass is 191 g/mol. The molecule has 0 saturated carbocycles. The van der Waals surface area contributed by atoms with Crippen molar-refractivity contribution in [1.82, 2.24) is 25.3 Å². The Morgan fingerprint density at radius 2 is 2.36 bits per heavy atom. The van der Waals surface area contributed by atoms with Crippen molar-refractivity contribution in [2.24, 2.45) is 5.11 Å². The molecule has 0 radical (unpaired) electrons. The minimum Gasteiger partial charge on any atom is -0.395 e. The first kappa shape index (κ1) is 8.20. The molecule has 2 aromatic rings. The number of tetrazole rings is 1. The highest BCUT2D eigenvalue weighted by Gasteiger charge is 2.10. The second kappa shape index (κ2) is 2.82. The van der Waals surface area contributed by atoms with Gasteiger partial charge in [-0.05, 0) is 28.0 Å². The Morgan fingerprint density at radius 3 is 3.07 bits per heavy atom. The van der Waals surface area contributed by atoms with E-state index in [2.05, 4.69) is 30.7 Å². The molecule has 0 spiro atoms. The van der Waals surface area contributed by atoms with Gasteiger partial charge in [0.2, 0.25) is 5.65 Å². The van der Waals surface area contributed by atoms with Gasteiger partial charge in [-0.2, -0.15) is 0 Å². The van der Waals surface area contributed by atoms with Gasteiger partial charge in [0.25, 0.3) is 0 Å². The molecule has 2 aromatic heterocycles. The van der Waals surface area contributed by atoms with Crippen LogP contribution >= 0.6 is 0 Å². The van der Waals surface area contributed by atoms with Crippen molar-refractivity contribution in [2.75, 3.05) is 5.73 Å². The highest BCUT2D eigenvalue weighted by atomic mass is 15.6. The lowest BCUT2D eigenvalue weighted by Gasteiger charge is -2.01. The van der Waals surface area contributed by atoms with E-state index in [-0.39, 0.29) is 5.82 Å². The fourth-order valence-corrected chi connectivity index (χ4v) is 1.00. The van der Waals surface area contributed by atoms with Crippen molar-refractivity contribution in [1.29, 1.82) is 0 Å². The lowest BCUT2D eigenvalue weighted by molar-refractivity contribution is 0.732. The Hall–Kier alpha value is -2.41. The molecule has 0 saturated heterocycles. The lowest BCUT2D eigenvalue weighted by Crippen LogP contribution is -2.01. The summed E-state index contributed by atoms with van der Waals surface area (Å²) >= 11 is 0. The SMILES string of the molecule is Cc1c(N=[N+]=[N-])nn2nnnc2c1N. The summed E-state index contributed by atoms with van der Waals surface area (Å²) < 4.78 is 1.12. The van der Waals surface area contributed by atoms with Crippen molar-refractivity contribution in [2.45, 2.75) is 6.92 Å². The molecule has 0 aliphatic heterocycles. The van der Waals surface area contributed by atoms with Gasteiger partial charge in [-0.15, -0.1) is 14.8 Å². The zero-order valence-corrected chi connectivity index (χ0v) is 7.16. The molecule has 0 aliphatic carbocycles. The predicted molar refractivity (Wildman–Crippen MR) is 46.5 cm³/mol. The number of rotatable bonds is 1. The Balaban J connectivity index is 2.86. The predicted octanol–water partition coefficient (Wildman–Crippen LogP) is 0.352. The summed E-state index contributed by atoms with van der Waals surface area (Å²) in [4.78, 5) is 2.62. The number of hydrogen-bond acceptors (Lipinski definition) is 6. The first-order valence-electron chi connectivity index (χ1n) is 3.63. The summed E-state index contributed by atoms with van der Waals surface area (Å²) in [5.74, 6) is 0.171. The molecule has 70 valence electrons. The van der Waals surface area contributed by atoms with Crippen molar-refractivity contribution in [3.05, 3.63) is 16.0 Å². The van der Waals surface area contributed by atoms with E-state index in [4.69, 9.17) is 11.3 Å². The molecule has 2 heterocycles. The van der Waals surface area contributed by atoms with Gasteiger partial charge in [0.1, 0.15) is 0 Å². The summed E-state index contributed by atoms with van der Waals surface area (Å²) in [5, 5.41) is 17.8. The van der Waals surface area contributed by atoms with Crippen LogP contribution in [0.5, 0.6) is 0 Å². The molecule has 2 rings (SSSR count). The number of nitrogen functional groups attached to an aromatic ring is 1. The maximum Gasteiger partial charge on any atom is 0.223 e. The molecule has 9 heteroatoms. The average Bonchev–Trinajstić information content (AvgIpc) is 2.62. The van der Waals surface area contributed by atoms with Crippen LogP contribution in [0.25, 0.3) is 16.1 Å². The molecule has 0 bridgehead atoms. The molecule has 0 atom stereocenters. The van der Waals surface area contributed by atoms with Gasteiger partial charge in [-0.1, -0.05) is 0 Å². The molecule has 0 unspecified atom stereocenters. The summed E-state index contributed by atoms with van der Waals surface area (Å²) in [5.41, 5.74) is 15.2. The molecular weight excluding hydrogens is 186 g/mol. The number of nitrogens with two attached hydrogens (primary N) is 1. The van der Waals surface area contributed by atoms with Gasteiger partial charge in [-0.25, -0.2) is 0 Å². The second-order valence-electron chi connectivity index (χ2n) is 2.54. The summed E-state index contributed by atoms with van der Waals surface area (Å²) in [6.07, 6.45) is 0. The summed E-state index contributed by atoms with van der Waals surface area (Å²) in [6.45, 7) is 1.68. The zero-order chi connectivity index (χ0) is 10.1. The molecule has 0 fully saturated rings. The fourth-order valence-electron chi connectivity index (χ4n) is 1.00. The minimum atomic E-state index is 0.171. The van der Waals surface area contributed by atoms with E-state index in [1.54, 1.807) is 6.92 Å². The van der Waals surface area contributed by atoms with E-state index in [1.165, 1.54) is 0 Å². The van der Waals surface area contributed by atoms with E-state index in [9.17, 15) is 0 Å². The molecular formula is C5H5N9. The van der Waals surface area contributed by atoms with Crippen LogP contribution in [-0.2, 0) is 0 Å². The smallest absolute Gasteiger partial charge is 0.223 e. The highest BCUT2D eigenvalue weighted by molar-refractivity contribution is 5.70. The van der Waals surface area contributed by atoms with Gasteiger partial charge in [0.05, 0.1) is 5.69 Å². The number of azide groups is 1. The normalized spacial score (nSPS) is 10.1. The molecule has 0 aromatic carbocycles. The van der Waals surface area contributed by atoms with E-state index >= 15 is 0 Å². The number of aromatic nitrogens is 5. The molecule has 0 amide bonds. The van der Waals surface area contributed by atoms with Gasteiger partial charge in [0, 0.05) is 10.5 Å². The summed E-state index contributed by atoms with van der Waals surface area (Å²) in [7, 11) is 0. The van der Waals surface area contributed by atoms with Crippen LogP contribution in [0, 0.1) is 6.92 Å². The van der Waals surface area contributed by atoms with Crippen LogP contribution in [-0.4, -0.2) is 25.3 Å². The quantitative estimate of drug-likeness (QED) is 0.394. The van der Waals surface area contributed by atoms with Crippen LogP contribution in [0.1, 0.15) is 5.56 Å². The first-order chi connectivity index (χ1) is 6.74. The van der Waals surface area contributed by atoms with Crippen molar-refractivity contribution < 1.29 is 0 Å². The average molecular weight is 191 g/mol. The van der Waals surface area contributed by atoms with Crippen LogP contribution in [0.2, 0.25) is 0 Å². The number of hydrogen-bond donors (Lipinski definition) is 1. The highest BCUT2D eigenvalue weighted by Crippen LogP contribution is 2.23. The van der Waals surface area contributed by atoms with Crippen molar-refractivity contribution in [3.63, 3.8) is 0 Å².